The average Bonchev–Trinajstić information content (AvgIpc) is 2.77. The maximum Gasteiger partial charge on any atom is 0.0400 e. The molecule has 0 unspecified atom stereocenters. The number of nitrogen functional groups attached to an aromatic ring is 1. The highest BCUT2D eigenvalue weighted by molar-refractivity contribution is 5.66. The van der Waals surface area contributed by atoms with Crippen molar-refractivity contribution in [3.8, 4) is 0 Å². The molecule has 150 valence electrons. The Morgan fingerprint density at radius 1 is 0.533 bits per heavy atom. The summed E-state index contributed by atoms with van der Waals surface area (Å²) in [4.78, 5) is 0. The van der Waals surface area contributed by atoms with Crippen molar-refractivity contribution in [2.45, 2.75) is 13.5 Å². The first-order valence-corrected chi connectivity index (χ1v) is 10.0. The molecule has 0 fully saturated rings. The number of aryl methyl sites for hydroxylation is 1. The van der Waals surface area contributed by atoms with E-state index in [4.69, 9.17) is 5.73 Å². The standard InChI is InChI=1S/C26H26N4/c1-19-2-8-22(9-3-19)28-18-20-4-10-23(11-5-20)29-25-14-16-26(17-15-25)30-24-12-6-21(27)7-13-24/h2-17,28-30H,18,27H2,1H3. The van der Waals surface area contributed by atoms with E-state index >= 15 is 0 Å². The summed E-state index contributed by atoms with van der Waals surface area (Å²) in [5.74, 6) is 0. The molecule has 0 bridgehead atoms. The van der Waals surface area contributed by atoms with E-state index in [1.165, 1.54) is 11.1 Å². The molecule has 0 saturated heterocycles. The Hall–Kier alpha value is -3.92. The van der Waals surface area contributed by atoms with Crippen molar-refractivity contribution in [2.75, 3.05) is 21.7 Å². The monoisotopic (exact) mass is 394 g/mol. The van der Waals surface area contributed by atoms with Gasteiger partial charge in [-0.25, -0.2) is 0 Å². The van der Waals surface area contributed by atoms with Crippen LogP contribution in [-0.4, -0.2) is 0 Å². The van der Waals surface area contributed by atoms with Crippen LogP contribution in [-0.2, 0) is 6.54 Å². The third kappa shape index (κ3) is 5.32. The van der Waals surface area contributed by atoms with Gasteiger partial charge in [-0.2, -0.15) is 0 Å². The van der Waals surface area contributed by atoms with Crippen LogP contribution in [0.1, 0.15) is 11.1 Å². The summed E-state index contributed by atoms with van der Waals surface area (Å²) in [5.41, 5.74) is 14.3. The fourth-order valence-electron chi connectivity index (χ4n) is 3.12. The zero-order chi connectivity index (χ0) is 20.8. The Bertz CT molecular complexity index is 1070. The molecule has 4 heteroatoms. The smallest absolute Gasteiger partial charge is 0.0400 e. The first kappa shape index (κ1) is 19.4. The predicted molar refractivity (Wildman–Crippen MR) is 129 cm³/mol. The molecular weight excluding hydrogens is 368 g/mol. The minimum Gasteiger partial charge on any atom is -0.399 e. The van der Waals surface area contributed by atoms with E-state index in [1.807, 2.05) is 24.3 Å². The van der Waals surface area contributed by atoms with E-state index in [0.717, 1.165) is 40.7 Å². The van der Waals surface area contributed by atoms with Crippen molar-refractivity contribution in [3.63, 3.8) is 0 Å². The van der Waals surface area contributed by atoms with E-state index in [9.17, 15) is 0 Å². The van der Waals surface area contributed by atoms with Crippen LogP contribution in [0.4, 0.5) is 34.1 Å². The Morgan fingerprint density at radius 2 is 0.933 bits per heavy atom. The second-order valence-electron chi connectivity index (χ2n) is 7.37. The number of hydrogen-bond acceptors (Lipinski definition) is 4. The summed E-state index contributed by atoms with van der Waals surface area (Å²) in [6.45, 7) is 2.90. The Balaban J connectivity index is 1.31. The lowest BCUT2D eigenvalue weighted by molar-refractivity contribution is 1.15. The number of nitrogens with one attached hydrogen (secondary N) is 3. The van der Waals surface area contributed by atoms with Crippen LogP contribution < -0.4 is 21.7 Å². The predicted octanol–water partition coefficient (Wildman–Crippen LogP) is 6.68. The van der Waals surface area contributed by atoms with Crippen molar-refractivity contribution in [1.82, 2.24) is 0 Å². The van der Waals surface area contributed by atoms with Gasteiger partial charge in [-0.05, 0) is 85.3 Å². The molecule has 0 aliphatic carbocycles. The number of benzene rings is 4. The fraction of sp³-hybridized carbons (Fsp3) is 0.0769. The first-order chi connectivity index (χ1) is 14.6. The second-order valence-corrected chi connectivity index (χ2v) is 7.37. The molecule has 0 aromatic heterocycles. The molecule has 30 heavy (non-hydrogen) atoms. The Morgan fingerprint density at radius 3 is 1.43 bits per heavy atom. The molecule has 4 aromatic carbocycles. The van der Waals surface area contributed by atoms with Gasteiger partial charge in [-0.1, -0.05) is 29.8 Å². The zero-order valence-corrected chi connectivity index (χ0v) is 17.0. The highest BCUT2D eigenvalue weighted by Gasteiger charge is 1.99. The summed E-state index contributed by atoms with van der Waals surface area (Å²) in [5, 5.41) is 10.3. The van der Waals surface area contributed by atoms with E-state index in [-0.39, 0.29) is 0 Å². The number of rotatable bonds is 7. The molecule has 0 aliphatic rings. The average molecular weight is 395 g/mol. The van der Waals surface area contributed by atoms with Gasteiger partial charge in [0, 0.05) is 40.7 Å². The van der Waals surface area contributed by atoms with Gasteiger partial charge in [0.15, 0.2) is 0 Å². The molecule has 0 radical (unpaired) electrons. The van der Waals surface area contributed by atoms with Crippen molar-refractivity contribution in [3.05, 3.63) is 108 Å². The van der Waals surface area contributed by atoms with Crippen molar-refractivity contribution >= 4 is 34.1 Å². The van der Waals surface area contributed by atoms with Crippen molar-refractivity contribution < 1.29 is 0 Å². The van der Waals surface area contributed by atoms with Gasteiger partial charge in [0.2, 0.25) is 0 Å². The van der Waals surface area contributed by atoms with Gasteiger partial charge in [0.25, 0.3) is 0 Å². The normalized spacial score (nSPS) is 10.4. The Labute approximate surface area is 177 Å². The quantitative estimate of drug-likeness (QED) is 0.264. The number of anilines is 6. The van der Waals surface area contributed by atoms with E-state index in [2.05, 4.69) is 95.7 Å². The second kappa shape index (κ2) is 9.05. The van der Waals surface area contributed by atoms with E-state index in [0.29, 0.717) is 0 Å². The lowest BCUT2D eigenvalue weighted by atomic mass is 10.2. The zero-order valence-electron chi connectivity index (χ0n) is 17.0. The molecule has 4 aromatic rings. The number of nitrogens with two attached hydrogens (primary N) is 1. The summed E-state index contributed by atoms with van der Waals surface area (Å²) in [6.07, 6.45) is 0. The molecule has 0 spiro atoms. The molecule has 5 N–H and O–H groups in total. The molecule has 0 heterocycles. The van der Waals surface area contributed by atoms with Gasteiger partial charge < -0.3 is 21.7 Å². The van der Waals surface area contributed by atoms with Crippen molar-refractivity contribution in [1.29, 1.82) is 0 Å². The van der Waals surface area contributed by atoms with Crippen LogP contribution >= 0.6 is 0 Å². The van der Waals surface area contributed by atoms with Gasteiger partial charge in [-0.3, -0.25) is 0 Å². The molecule has 4 nitrogen and oxygen atoms in total. The lowest BCUT2D eigenvalue weighted by Crippen LogP contribution is -1.99. The van der Waals surface area contributed by atoms with Gasteiger partial charge in [0.1, 0.15) is 0 Å². The fourth-order valence-corrected chi connectivity index (χ4v) is 3.12. The molecule has 0 saturated carbocycles. The van der Waals surface area contributed by atoms with Gasteiger partial charge in [-0.15, -0.1) is 0 Å². The van der Waals surface area contributed by atoms with Crippen LogP contribution in [0.3, 0.4) is 0 Å². The minimum atomic E-state index is 0.761. The van der Waals surface area contributed by atoms with Crippen LogP contribution in [0, 0.1) is 6.92 Å². The van der Waals surface area contributed by atoms with Gasteiger partial charge >= 0.3 is 0 Å². The summed E-state index contributed by atoms with van der Waals surface area (Å²) in [6, 6.07) is 32.9. The SMILES string of the molecule is Cc1ccc(NCc2ccc(Nc3ccc(Nc4ccc(N)cc4)cc3)cc2)cc1. The van der Waals surface area contributed by atoms with Gasteiger partial charge in [0.05, 0.1) is 0 Å². The lowest BCUT2D eigenvalue weighted by Gasteiger charge is -2.11. The molecule has 0 amide bonds. The van der Waals surface area contributed by atoms with E-state index < -0.39 is 0 Å². The van der Waals surface area contributed by atoms with Crippen molar-refractivity contribution in [2.24, 2.45) is 0 Å². The minimum absolute atomic E-state index is 0.761. The molecule has 0 aliphatic heterocycles. The third-order valence-corrected chi connectivity index (χ3v) is 4.88. The maximum absolute atomic E-state index is 5.73. The van der Waals surface area contributed by atoms with Crippen LogP contribution in [0.2, 0.25) is 0 Å². The van der Waals surface area contributed by atoms with Crippen LogP contribution in [0.15, 0.2) is 97.1 Å². The first-order valence-electron chi connectivity index (χ1n) is 10.0. The Kier molecular flexibility index (Phi) is 5.85. The van der Waals surface area contributed by atoms with E-state index in [1.54, 1.807) is 0 Å². The molecule has 0 atom stereocenters. The highest BCUT2D eigenvalue weighted by atomic mass is 14.9. The highest BCUT2D eigenvalue weighted by Crippen LogP contribution is 2.22. The number of hydrogen-bond donors (Lipinski definition) is 4. The topological polar surface area (TPSA) is 62.1 Å². The summed E-state index contributed by atoms with van der Waals surface area (Å²) in [7, 11) is 0. The molecular formula is C26H26N4. The maximum atomic E-state index is 5.73. The summed E-state index contributed by atoms with van der Waals surface area (Å²) < 4.78 is 0. The largest absolute Gasteiger partial charge is 0.399 e. The summed E-state index contributed by atoms with van der Waals surface area (Å²) >= 11 is 0. The van der Waals surface area contributed by atoms with Crippen LogP contribution in [0.5, 0.6) is 0 Å². The molecule has 4 rings (SSSR count). The van der Waals surface area contributed by atoms with Crippen LogP contribution in [0.25, 0.3) is 0 Å². The third-order valence-electron chi connectivity index (χ3n) is 4.88.